The summed E-state index contributed by atoms with van der Waals surface area (Å²) in [7, 11) is 1.79. The summed E-state index contributed by atoms with van der Waals surface area (Å²) in [5, 5.41) is 27.3. The van der Waals surface area contributed by atoms with Gasteiger partial charge in [-0.2, -0.15) is 0 Å². The first kappa shape index (κ1) is 26.2. The highest BCUT2D eigenvalue weighted by molar-refractivity contribution is 7.99. The molecule has 0 bridgehead atoms. The predicted molar refractivity (Wildman–Crippen MR) is 147 cm³/mol. The Morgan fingerprint density at radius 2 is 2.03 bits per heavy atom. The van der Waals surface area contributed by atoms with E-state index in [0.29, 0.717) is 36.0 Å². The Morgan fingerprint density at radius 1 is 1.26 bits per heavy atom. The summed E-state index contributed by atoms with van der Waals surface area (Å²) in [6.07, 6.45) is 0.674. The minimum atomic E-state index is -1.45. The number of aryl methyl sites for hydroxylation is 1. The molecular formula is C27H28N6O3S2. The van der Waals surface area contributed by atoms with Gasteiger partial charge in [0, 0.05) is 30.2 Å². The molecule has 0 unspecified atom stereocenters. The van der Waals surface area contributed by atoms with Crippen molar-refractivity contribution in [2.75, 3.05) is 17.7 Å². The smallest absolute Gasteiger partial charge is 0.245 e. The first-order valence-corrected chi connectivity index (χ1v) is 13.9. The molecule has 38 heavy (non-hydrogen) atoms. The van der Waals surface area contributed by atoms with Crippen LogP contribution in [0.15, 0.2) is 45.8 Å². The van der Waals surface area contributed by atoms with E-state index >= 15 is 0 Å². The molecule has 0 spiro atoms. The zero-order chi connectivity index (χ0) is 26.9. The molecule has 0 aliphatic carbocycles. The fraction of sp³-hybridized carbons (Fsp3) is 0.333. The Balaban J connectivity index is 1.25. The largest absolute Gasteiger partial charge is 0.372 e. The molecule has 196 valence electrons. The normalized spacial score (nSPS) is 16.9. The molecular weight excluding hydrogens is 520 g/mol. The third-order valence-electron chi connectivity index (χ3n) is 6.26. The van der Waals surface area contributed by atoms with E-state index in [9.17, 15) is 9.90 Å². The molecule has 0 saturated carbocycles. The average Bonchev–Trinajstić information content (AvgIpc) is 3.60. The standard InChI is InChI=1S/C27H28N6O3S2/c1-16-12-21(32-36-16)27(3,35)11-10-20-17(2)24-26(38-20)33(4)25(34)19(15-37-24)28-14-23-29-22(30-31-23)13-18-8-6-5-7-9-18/h5-9,12,19,28,35H,13-15H2,1-4H3,(H,29,30,31)/t19-,27+/m0/s1. The number of likely N-dealkylation sites (N-methyl/N-ethyl adjacent to an activating group) is 1. The number of aromatic amines is 1. The summed E-state index contributed by atoms with van der Waals surface area (Å²) in [6, 6.07) is 11.4. The summed E-state index contributed by atoms with van der Waals surface area (Å²) < 4.78 is 5.08. The van der Waals surface area contributed by atoms with Crippen LogP contribution in [0.5, 0.6) is 0 Å². The first-order chi connectivity index (χ1) is 18.2. The van der Waals surface area contributed by atoms with E-state index in [2.05, 4.69) is 49.6 Å². The highest BCUT2D eigenvalue weighted by atomic mass is 32.2. The van der Waals surface area contributed by atoms with Crippen molar-refractivity contribution < 1.29 is 14.4 Å². The fourth-order valence-corrected chi connectivity index (χ4v) is 6.62. The van der Waals surface area contributed by atoms with Crippen molar-refractivity contribution in [3.05, 3.63) is 75.5 Å². The lowest BCUT2D eigenvalue weighted by atomic mass is 10.0. The van der Waals surface area contributed by atoms with Crippen molar-refractivity contribution in [3.63, 3.8) is 0 Å². The van der Waals surface area contributed by atoms with Gasteiger partial charge in [-0.05, 0) is 31.9 Å². The number of carbonyl (C=O) groups excluding carboxylic acids is 1. The van der Waals surface area contributed by atoms with Gasteiger partial charge >= 0.3 is 0 Å². The molecule has 0 saturated heterocycles. The van der Waals surface area contributed by atoms with E-state index in [1.807, 2.05) is 25.1 Å². The number of rotatable bonds is 6. The highest BCUT2D eigenvalue weighted by Gasteiger charge is 2.32. The summed E-state index contributed by atoms with van der Waals surface area (Å²) >= 11 is 3.08. The number of hydrogen-bond acceptors (Lipinski definition) is 9. The Labute approximate surface area is 229 Å². The SMILES string of the molecule is Cc1cc([C@](C)(O)C#Cc2sc3c(c2C)SC[C@H](NCc2nnc(Cc4ccccc4)[nH]2)C(=O)N3C)no1. The van der Waals surface area contributed by atoms with Crippen LogP contribution in [-0.4, -0.2) is 50.2 Å². The summed E-state index contributed by atoms with van der Waals surface area (Å²) in [6.45, 7) is 5.76. The maximum atomic E-state index is 13.3. The summed E-state index contributed by atoms with van der Waals surface area (Å²) in [4.78, 5) is 20.1. The lowest BCUT2D eigenvalue weighted by molar-refractivity contribution is -0.119. The van der Waals surface area contributed by atoms with Gasteiger partial charge in [0.15, 0.2) is 5.60 Å². The molecule has 1 aromatic carbocycles. The number of hydrogen-bond donors (Lipinski definition) is 3. The lowest BCUT2D eigenvalue weighted by Crippen LogP contribution is -2.45. The molecule has 9 nitrogen and oxygen atoms in total. The number of aromatic nitrogens is 4. The van der Waals surface area contributed by atoms with E-state index < -0.39 is 5.60 Å². The van der Waals surface area contributed by atoms with Gasteiger partial charge in [-0.15, -0.1) is 33.3 Å². The Bertz CT molecular complexity index is 1510. The van der Waals surface area contributed by atoms with Crippen LogP contribution in [0, 0.1) is 25.7 Å². The second kappa shape index (κ2) is 10.7. The molecule has 1 amide bonds. The minimum Gasteiger partial charge on any atom is -0.372 e. The molecule has 0 fully saturated rings. The van der Waals surface area contributed by atoms with Gasteiger partial charge in [0.25, 0.3) is 0 Å². The number of carbonyl (C=O) groups is 1. The number of nitrogens with one attached hydrogen (secondary N) is 2. The highest BCUT2D eigenvalue weighted by Crippen LogP contribution is 2.44. The number of H-pyrrole nitrogens is 1. The Morgan fingerprint density at radius 3 is 2.76 bits per heavy atom. The van der Waals surface area contributed by atoms with Crippen LogP contribution in [0.3, 0.4) is 0 Å². The van der Waals surface area contributed by atoms with E-state index in [0.717, 1.165) is 31.7 Å². The second-order valence-electron chi connectivity index (χ2n) is 9.36. The van der Waals surface area contributed by atoms with Crippen LogP contribution in [0.1, 0.15) is 46.0 Å². The van der Waals surface area contributed by atoms with Crippen LogP contribution in [0.4, 0.5) is 5.00 Å². The van der Waals surface area contributed by atoms with Crippen LogP contribution < -0.4 is 10.2 Å². The molecule has 2 atom stereocenters. The van der Waals surface area contributed by atoms with Gasteiger partial charge in [0.2, 0.25) is 5.91 Å². The molecule has 5 rings (SSSR count). The molecule has 1 aliphatic rings. The quantitative estimate of drug-likeness (QED) is 0.313. The van der Waals surface area contributed by atoms with Crippen molar-refractivity contribution in [2.24, 2.45) is 0 Å². The number of thioether (sulfide) groups is 1. The van der Waals surface area contributed by atoms with Crippen LogP contribution >= 0.6 is 23.1 Å². The number of aliphatic hydroxyl groups is 1. The van der Waals surface area contributed by atoms with Crippen molar-refractivity contribution in [3.8, 4) is 11.8 Å². The van der Waals surface area contributed by atoms with Gasteiger partial charge in [0.1, 0.15) is 28.1 Å². The van der Waals surface area contributed by atoms with Crippen molar-refractivity contribution in [2.45, 2.75) is 50.3 Å². The zero-order valence-corrected chi connectivity index (χ0v) is 23.2. The molecule has 3 aromatic heterocycles. The summed E-state index contributed by atoms with van der Waals surface area (Å²) in [5.41, 5.74) is 1.07. The monoisotopic (exact) mass is 548 g/mol. The first-order valence-electron chi connectivity index (χ1n) is 12.1. The lowest BCUT2D eigenvalue weighted by Gasteiger charge is -2.20. The van der Waals surface area contributed by atoms with Gasteiger partial charge in [-0.3, -0.25) is 10.1 Å². The van der Waals surface area contributed by atoms with Crippen LogP contribution in [0.25, 0.3) is 0 Å². The van der Waals surface area contributed by atoms with Crippen molar-refractivity contribution >= 4 is 34.0 Å². The van der Waals surface area contributed by atoms with Crippen LogP contribution in [-0.2, 0) is 23.4 Å². The molecule has 4 aromatic rings. The number of anilines is 1. The molecule has 4 heterocycles. The van der Waals surface area contributed by atoms with E-state index in [1.54, 1.807) is 43.6 Å². The predicted octanol–water partition coefficient (Wildman–Crippen LogP) is 3.55. The zero-order valence-electron chi connectivity index (χ0n) is 21.5. The van der Waals surface area contributed by atoms with E-state index in [4.69, 9.17) is 4.52 Å². The Hall–Kier alpha value is -3.43. The topological polar surface area (TPSA) is 120 Å². The Kier molecular flexibility index (Phi) is 7.40. The molecule has 3 N–H and O–H groups in total. The summed E-state index contributed by atoms with van der Waals surface area (Å²) in [5.74, 6) is 8.65. The number of benzene rings is 1. The van der Waals surface area contributed by atoms with Gasteiger partial charge < -0.3 is 19.5 Å². The molecule has 11 heteroatoms. The number of thiophene rings is 1. The maximum Gasteiger partial charge on any atom is 0.245 e. The van der Waals surface area contributed by atoms with Crippen molar-refractivity contribution in [1.82, 2.24) is 25.7 Å². The fourth-order valence-electron chi connectivity index (χ4n) is 4.05. The number of amides is 1. The minimum absolute atomic E-state index is 0.0221. The van der Waals surface area contributed by atoms with Crippen LogP contribution in [0.2, 0.25) is 0 Å². The molecule has 1 aliphatic heterocycles. The van der Waals surface area contributed by atoms with Gasteiger partial charge in [0.05, 0.1) is 17.5 Å². The van der Waals surface area contributed by atoms with Crippen molar-refractivity contribution in [1.29, 1.82) is 0 Å². The maximum absolute atomic E-state index is 13.3. The third kappa shape index (κ3) is 5.54. The average molecular weight is 549 g/mol. The van der Waals surface area contributed by atoms with E-state index in [-0.39, 0.29) is 11.9 Å². The van der Waals surface area contributed by atoms with Gasteiger partial charge in [-0.1, -0.05) is 47.3 Å². The molecule has 0 radical (unpaired) electrons. The van der Waals surface area contributed by atoms with E-state index in [1.165, 1.54) is 11.3 Å². The second-order valence-corrected chi connectivity index (χ2v) is 11.4. The number of nitrogens with zero attached hydrogens (tertiary/aromatic N) is 4. The van der Waals surface area contributed by atoms with Gasteiger partial charge in [-0.25, -0.2) is 0 Å². The third-order valence-corrected chi connectivity index (χ3v) is 8.96. The number of fused-ring (bicyclic) bond motifs is 1.